The van der Waals surface area contributed by atoms with Crippen LogP contribution in [0.2, 0.25) is 0 Å². The molecule has 0 aliphatic rings. The van der Waals surface area contributed by atoms with Crippen molar-refractivity contribution in [1.29, 1.82) is 0 Å². The Labute approximate surface area is 57.9 Å². The van der Waals surface area contributed by atoms with E-state index >= 15 is 0 Å². The number of rotatable bonds is 3. The van der Waals surface area contributed by atoms with Gasteiger partial charge in [0.2, 0.25) is 0 Å². The van der Waals surface area contributed by atoms with Gasteiger partial charge >= 0.3 is 0 Å². The highest BCUT2D eigenvalue weighted by Gasteiger charge is 2.37. The van der Waals surface area contributed by atoms with Crippen molar-refractivity contribution in [1.82, 2.24) is 0 Å². The second-order valence-corrected chi connectivity index (χ2v) is 2.45. The van der Waals surface area contributed by atoms with Crippen molar-refractivity contribution in [3.8, 4) is 0 Å². The summed E-state index contributed by atoms with van der Waals surface area (Å²) in [5.41, 5.74) is -2.19. The highest BCUT2D eigenvalue weighted by atomic mass is 19.3. The minimum Gasteiger partial charge on any atom is -0.383 e. The number of hydrogen-bond donors (Lipinski definition) is 1. The summed E-state index contributed by atoms with van der Waals surface area (Å²) in [6, 6.07) is 0. The molecule has 0 amide bonds. The molecule has 2 nitrogen and oxygen atoms in total. The third-order valence-electron chi connectivity index (χ3n) is 1.57. The number of halogens is 2. The maximum absolute atomic E-state index is 11.8. The molecular weight excluding hydrogens is 142 g/mol. The first-order valence-corrected chi connectivity index (χ1v) is 2.88. The van der Waals surface area contributed by atoms with Gasteiger partial charge in [-0.15, -0.1) is 0 Å². The molecule has 0 fully saturated rings. The van der Waals surface area contributed by atoms with Gasteiger partial charge in [0.1, 0.15) is 11.9 Å². The molecule has 0 heterocycles. The molecule has 1 N–H and O–H groups in total. The van der Waals surface area contributed by atoms with Crippen LogP contribution in [0, 0.1) is 5.92 Å². The van der Waals surface area contributed by atoms with E-state index in [1.54, 1.807) is 0 Å². The molecule has 0 aromatic heterocycles. The van der Waals surface area contributed by atoms with Gasteiger partial charge in [-0.05, 0) is 6.92 Å². The lowest BCUT2D eigenvalue weighted by atomic mass is 9.93. The Morgan fingerprint density at radius 3 is 2.10 bits per heavy atom. The van der Waals surface area contributed by atoms with Crippen LogP contribution in [-0.4, -0.2) is 23.4 Å². The van der Waals surface area contributed by atoms with Crippen LogP contribution < -0.4 is 0 Å². The molecule has 2 unspecified atom stereocenters. The van der Waals surface area contributed by atoms with E-state index in [0.717, 1.165) is 6.92 Å². The van der Waals surface area contributed by atoms with Gasteiger partial charge in [0.15, 0.2) is 0 Å². The Morgan fingerprint density at radius 2 is 2.00 bits per heavy atom. The van der Waals surface area contributed by atoms with E-state index in [2.05, 4.69) is 0 Å². The molecule has 4 heteroatoms. The van der Waals surface area contributed by atoms with Crippen LogP contribution in [0.1, 0.15) is 13.8 Å². The Hall–Kier alpha value is -0.510. The largest absolute Gasteiger partial charge is 0.383 e. The van der Waals surface area contributed by atoms with E-state index in [1.165, 1.54) is 6.92 Å². The molecule has 0 rings (SSSR count). The normalized spacial score (nSPS) is 20.2. The molecule has 2 atom stereocenters. The summed E-state index contributed by atoms with van der Waals surface area (Å²) < 4.78 is 23.7. The molecule has 60 valence electrons. The van der Waals surface area contributed by atoms with Gasteiger partial charge in [-0.2, -0.15) is 0 Å². The Bertz CT molecular complexity index is 123. The zero-order valence-electron chi connectivity index (χ0n) is 5.84. The molecular formula is C6H10F2O2. The fourth-order valence-corrected chi connectivity index (χ4v) is 0.336. The smallest absolute Gasteiger partial charge is 0.267 e. The van der Waals surface area contributed by atoms with Crippen molar-refractivity contribution < 1.29 is 18.7 Å². The maximum Gasteiger partial charge on any atom is 0.267 e. The topological polar surface area (TPSA) is 37.3 Å². The molecule has 0 spiro atoms. The molecule has 10 heavy (non-hydrogen) atoms. The highest BCUT2D eigenvalue weighted by molar-refractivity contribution is 5.55. The van der Waals surface area contributed by atoms with Crippen LogP contribution in [0.25, 0.3) is 0 Å². The molecule has 0 aliphatic heterocycles. The Kier molecular flexibility index (Phi) is 2.90. The molecule has 0 radical (unpaired) electrons. The molecule has 0 saturated carbocycles. The number of alkyl halides is 2. The average molecular weight is 152 g/mol. The molecule has 0 aromatic rings. The van der Waals surface area contributed by atoms with E-state index in [-0.39, 0.29) is 0 Å². The first-order valence-electron chi connectivity index (χ1n) is 2.88. The number of carbonyl (C=O) groups is 1. The minimum absolute atomic E-state index is 0.312. The average Bonchev–Trinajstić information content (AvgIpc) is 1.86. The van der Waals surface area contributed by atoms with E-state index < -0.39 is 17.9 Å². The third-order valence-corrected chi connectivity index (χ3v) is 1.57. The molecule has 0 bridgehead atoms. The van der Waals surface area contributed by atoms with E-state index in [4.69, 9.17) is 5.11 Å². The predicted octanol–water partition coefficient (Wildman–Crippen LogP) is 0.837. The van der Waals surface area contributed by atoms with Gasteiger partial charge < -0.3 is 9.90 Å². The number of hydrogen-bond acceptors (Lipinski definition) is 2. The van der Waals surface area contributed by atoms with E-state index in [9.17, 15) is 13.6 Å². The van der Waals surface area contributed by atoms with E-state index in [0.29, 0.717) is 6.29 Å². The Morgan fingerprint density at radius 1 is 1.60 bits per heavy atom. The molecule has 0 aromatic carbocycles. The SMILES string of the molecule is CC(C=O)C(C)(O)C(F)F. The fourth-order valence-electron chi connectivity index (χ4n) is 0.336. The highest BCUT2D eigenvalue weighted by Crippen LogP contribution is 2.22. The minimum atomic E-state index is -2.88. The van der Waals surface area contributed by atoms with Crippen molar-refractivity contribution >= 4 is 6.29 Å². The summed E-state index contributed by atoms with van der Waals surface area (Å²) in [6.07, 6.45) is -2.57. The number of aldehydes is 1. The quantitative estimate of drug-likeness (QED) is 0.608. The second-order valence-electron chi connectivity index (χ2n) is 2.45. The van der Waals surface area contributed by atoms with Crippen molar-refractivity contribution in [2.45, 2.75) is 25.9 Å². The molecule has 0 saturated heterocycles. The first-order chi connectivity index (χ1) is 4.42. The summed E-state index contributed by atoms with van der Waals surface area (Å²) in [5, 5.41) is 8.88. The van der Waals surface area contributed by atoms with Crippen LogP contribution in [0.5, 0.6) is 0 Å². The van der Waals surface area contributed by atoms with Gasteiger partial charge in [-0.1, -0.05) is 6.92 Å². The summed E-state index contributed by atoms with van der Waals surface area (Å²) in [4.78, 5) is 9.96. The van der Waals surface area contributed by atoms with Gasteiger partial charge in [-0.3, -0.25) is 0 Å². The lowest BCUT2D eigenvalue weighted by molar-refractivity contribution is -0.137. The van der Waals surface area contributed by atoms with Gasteiger partial charge in [0.05, 0.1) is 0 Å². The van der Waals surface area contributed by atoms with Gasteiger partial charge in [-0.25, -0.2) is 8.78 Å². The number of aliphatic hydroxyl groups is 1. The molecule has 0 aliphatic carbocycles. The third kappa shape index (κ3) is 1.73. The van der Waals surface area contributed by atoms with Crippen LogP contribution in [0.15, 0.2) is 0 Å². The summed E-state index contributed by atoms with van der Waals surface area (Å²) >= 11 is 0. The lowest BCUT2D eigenvalue weighted by Gasteiger charge is -2.24. The van der Waals surface area contributed by atoms with Crippen LogP contribution in [0.4, 0.5) is 8.78 Å². The van der Waals surface area contributed by atoms with Crippen molar-refractivity contribution in [2.24, 2.45) is 5.92 Å². The van der Waals surface area contributed by atoms with Crippen LogP contribution >= 0.6 is 0 Å². The predicted molar refractivity (Wildman–Crippen MR) is 31.9 cm³/mol. The summed E-state index contributed by atoms with van der Waals surface area (Å²) in [6.45, 7) is 2.19. The standard InChI is InChI=1S/C6H10F2O2/c1-4(3-9)6(2,10)5(7)8/h3-5,10H,1-2H3. The van der Waals surface area contributed by atoms with Crippen molar-refractivity contribution in [2.75, 3.05) is 0 Å². The lowest BCUT2D eigenvalue weighted by Crippen LogP contribution is -2.41. The number of carbonyl (C=O) groups excluding carboxylic acids is 1. The van der Waals surface area contributed by atoms with Gasteiger partial charge in [0, 0.05) is 5.92 Å². The zero-order valence-corrected chi connectivity index (χ0v) is 5.84. The summed E-state index contributed by atoms with van der Waals surface area (Å²) in [5.74, 6) is -1.03. The monoisotopic (exact) mass is 152 g/mol. The van der Waals surface area contributed by atoms with Crippen LogP contribution in [-0.2, 0) is 4.79 Å². The second kappa shape index (κ2) is 3.05. The van der Waals surface area contributed by atoms with Crippen molar-refractivity contribution in [3.05, 3.63) is 0 Å². The summed E-state index contributed by atoms with van der Waals surface area (Å²) in [7, 11) is 0. The van der Waals surface area contributed by atoms with Gasteiger partial charge in [0.25, 0.3) is 6.43 Å². The first kappa shape index (κ1) is 9.49. The zero-order chi connectivity index (χ0) is 8.36. The van der Waals surface area contributed by atoms with Crippen molar-refractivity contribution in [3.63, 3.8) is 0 Å². The van der Waals surface area contributed by atoms with Crippen LogP contribution in [0.3, 0.4) is 0 Å². The van der Waals surface area contributed by atoms with E-state index in [1.807, 2.05) is 0 Å². The fraction of sp³-hybridized carbons (Fsp3) is 0.833. The Balaban J connectivity index is 4.22. The maximum atomic E-state index is 11.8.